The second kappa shape index (κ2) is 5.55. The van der Waals surface area contributed by atoms with E-state index in [0.717, 1.165) is 10.2 Å². The Balaban J connectivity index is 2.38. The van der Waals surface area contributed by atoms with Crippen LogP contribution in [0.25, 0.3) is 0 Å². The van der Waals surface area contributed by atoms with Gasteiger partial charge in [0.25, 0.3) is 0 Å². The van der Waals surface area contributed by atoms with E-state index in [9.17, 15) is 0 Å². The lowest BCUT2D eigenvalue weighted by molar-refractivity contribution is -0.0163. The monoisotopic (exact) mass is 287 g/mol. The minimum Gasteiger partial charge on any atom is -0.490 e. The Kier molecular flexibility index (Phi) is 4.62. The van der Waals surface area contributed by atoms with Gasteiger partial charge in [0.1, 0.15) is 12.4 Å². The first kappa shape index (κ1) is 13.3. The van der Waals surface area contributed by atoms with Gasteiger partial charge >= 0.3 is 0 Å². The Bertz CT molecular complexity index is 347. The molecule has 0 saturated heterocycles. The molecule has 2 N–H and O–H groups in total. The van der Waals surface area contributed by atoms with Crippen molar-refractivity contribution in [2.24, 2.45) is 0 Å². The van der Waals surface area contributed by atoms with Gasteiger partial charge in [0, 0.05) is 5.69 Å². The van der Waals surface area contributed by atoms with E-state index in [4.69, 9.17) is 15.2 Å². The minimum absolute atomic E-state index is 0.123. The summed E-state index contributed by atoms with van der Waals surface area (Å²) >= 11 is 3.39. The average molecular weight is 288 g/mol. The predicted molar refractivity (Wildman–Crippen MR) is 69.8 cm³/mol. The van der Waals surface area contributed by atoms with Gasteiger partial charge in [0.2, 0.25) is 0 Å². The molecule has 0 spiro atoms. The zero-order chi connectivity index (χ0) is 12.2. The van der Waals surface area contributed by atoms with Crippen LogP contribution in [0.5, 0.6) is 5.75 Å². The van der Waals surface area contributed by atoms with Crippen molar-refractivity contribution in [3.63, 3.8) is 0 Å². The van der Waals surface area contributed by atoms with Gasteiger partial charge in [-0.2, -0.15) is 0 Å². The molecule has 0 aromatic heterocycles. The first-order chi connectivity index (χ1) is 7.38. The maximum absolute atomic E-state index is 5.63. The van der Waals surface area contributed by atoms with Gasteiger partial charge in [0.15, 0.2) is 0 Å². The van der Waals surface area contributed by atoms with Crippen molar-refractivity contribution in [3.05, 3.63) is 22.7 Å². The number of nitrogens with two attached hydrogens (primary N) is 1. The van der Waals surface area contributed by atoms with Gasteiger partial charge in [-0.25, -0.2) is 0 Å². The highest BCUT2D eigenvalue weighted by Crippen LogP contribution is 2.26. The number of rotatable bonds is 4. The molecule has 90 valence electrons. The summed E-state index contributed by atoms with van der Waals surface area (Å²) in [6.07, 6.45) is 0. The quantitative estimate of drug-likeness (QED) is 0.683. The topological polar surface area (TPSA) is 44.5 Å². The lowest BCUT2D eigenvalue weighted by Gasteiger charge is -2.19. The second-order valence-electron chi connectivity index (χ2n) is 4.50. The number of hydrogen-bond acceptors (Lipinski definition) is 3. The summed E-state index contributed by atoms with van der Waals surface area (Å²) in [6.45, 7) is 7.16. The molecule has 0 aliphatic heterocycles. The predicted octanol–water partition coefficient (Wildman–Crippen LogP) is 3.23. The molecule has 1 rings (SSSR count). The molecule has 16 heavy (non-hydrogen) atoms. The minimum atomic E-state index is -0.123. The standard InChI is InChI=1S/C12H18BrNO2/c1-12(2,3)16-7-6-15-11-5-4-9(14)8-10(11)13/h4-5,8H,6-7,14H2,1-3H3. The highest BCUT2D eigenvalue weighted by Gasteiger charge is 2.09. The van der Waals surface area contributed by atoms with E-state index in [1.165, 1.54) is 0 Å². The lowest BCUT2D eigenvalue weighted by Crippen LogP contribution is -2.22. The number of hydrogen-bond donors (Lipinski definition) is 1. The van der Waals surface area contributed by atoms with Crippen LogP contribution in [-0.4, -0.2) is 18.8 Å². The van der Waals surface area contributed by atoms with Crippen molar-refractivity contribution in [2.75, 3.05) is 18.9 Å². The van der Waals surface area contributed by atoms with Gasteiger partial charge in [0.05, 0.1) is 16.7 Å². The molecular weight excluding hydrogens is 270 g/mol. The smallest absolute Gasteiger partial charge is 0.133 e. The van der Waals surface area contributed by atoms with Gasteiger partial charge in [-0.05, 0) is 54.9 Å². The van der Waals surface area contributed by atoms with E-state index in [1.54, 1.807) is 0 Å². The van der Waals surface area contributed by atoms with Gasteiger partial charge < -0.3 is 15.2 Å². The van der Waals surface area contributed by atoms with Crippen molar-refractivity contribution in [2.45, 2.75) is 26.4 Å². The Morgan fingerprint density at radius 2 is 1.94 bits per heavy atom. The summed E-state index contributed by atoms with van der Waals surface area (Å²) in [4.78, 5) is 0. The van der Waals surface area contributed by atoms with Crippen molar-refractivity contribution in [3.8, 4) is 5.75 Å². The third kappa shape index (κ3) is 4.86. The fourth-order valence-electron chi connectivity index (χ4n) is 1.13. The molecule has 0 heterocycles. The summed E-state index contributed by atoms with van der Waals surface area (Å²) in [7, 11) is 0. The number of nitrogen functional groups attached to an aromatic ring is 1. The van der Waals surface area contributed by atoms with Gasteiger partial charge in [-0.15, -0.1) is 0 Å². The third-order valence-electron chi connectivity index (χ3n) is 1.83. The molecule has 0 atom stereocenters. The third-order valence-corrected chi connectivity index (χ3v) is 2.45. The van der Waals surface area contributed by atoms with Gasteiger partial charge in [-0.1, -0.05) is 0 Å². The van der Waals surface area contributed by atoms with E-state index in [0.29, 0.717) is 18.9 Å². The van der Waals surface area contributed by atoms with Crippen LogP contribution in [0, 0.1) is 0 Å². The average Bonchev–Trinajstić information content (AvgIpc) is 2.13. The van der Waals surface area contributed by atoms with Crippen LogP contribution in [-0.2, 0) is 4.74 Å². The Labute approximate surface area is 105 Å². The van der Waals surface area contributed by atoms with Crippen LogP contribution in [0.15, 0.2) is 22.7 Å². The second-order valence-corrected chi connectivity index (χ2v) is 5.35. The fraction of sp³-hybridized carbons (Fsp3) is 0.500. The van der Waals surface area contributed by atoms with Crippen LogP contribution in [0.1, 0.15) is 20.8 Å². The van der Waals surface area contributed by atoms with Crippen molar-refractivity contribution >= 4 is 21.6 Å². The van der Waals surface area contributed by atoms with E-state index >= 15 is 0 Å². The first-order valence-corrected chi connectivity index (χ1v) is 5.99. The highest BCUT2D eigenvalue weighted by molar-refractivity contribution is 9.10. The van der Waals surface area contributed by atoms with Crippen LogP contribution in [0.2, 0.25) is 0 Å². The molecule has 0 fully saturated rings. The molecule has 1 aromatic rings. The largest absolute Gasteiger partial charge is 0.490 e. The van der Waals surface area contributed by atoms with Crippen LogP contribution < -0.4 is 10.5 Å². The molecule has 0 radical (unpaired) electrons. The number of benzene rings is 1. The SMILES string of the molecule is CC(C)(C)OCCOc1ccc(N)cc1Br. The molecule has 3 nitrogen and oxygen atoms in total. The summed E-state index contributed by atoms with van der Waals surface area (Å²) in [5.74, 6) is 0.784. The lowest BCUT2D eigenvalue weighted by atomic mass is 10.2. The van der Waals surface area contributed by atoms with Gasteiger partial charge in [-0.3, -0.25) is 0 Å². The Morgan fingerprint density at radius 3 is 2.50 bits per heavy atom. The maximum atomic E-state index is 5.63. The molecule has 0 bridgehead atoms. The zero-order valence-corrected chi connectivity index (χ0v) is 11.5. The van der Waals surface area contributed by atoms with E-state index < -0.39 is 0 Å². The van der Waals surface area contributed by atoms with E-state index in [2.05, 4.69) is 15.9 Å². The van der Waals surface area contributed by atoms with E-state index in [-0.39, 0.29) is 5.60 Å². The molecule has 4 heteroatoms. The summed E-state index contributed by atoms with van der Waals surface area (Å²) < 4.78 is 12.0. The number of halogens is 1. The summed E-state index contributed by atoms with van der Waals surface area (Å²) in [5.41, 5.74) is 6.22. The fourth-order valence-corrected chi connectivity index (χ4v) is 1.64. The molecule has 0 aliphatic carbocycles. The molecule has 0 saturated carbocycles. The normalized spacial score (nSPS) is 11.5. The van der Waals surface area contributed by atoms with Crippen LogP contribution >= 0.6 is 15.9 Å². The molecular formula is C12H18BrNO2. The molecule has 1 aromatic carbocycles. The Morgan fingerprint density at radius 1 is 1.25 bits per heavy atom. The van der Waals surface area contributed by atoms with Crippen LogP contribution in [0.3, 0.4) is 0 Å². The van der Waals surface area contributed by atoms with Crippen LogP contribution in [0.4, 0.5) is 5.69 Å². The maximum Gasteiger partial charge on any atom is 0.133 e. The van der Waals surface area contributed by atoms with E-state index in [1.807, 2.05) is 39.0 Å². The molecule has 0 amide bonds. The molecule has 0 unspecified atom stereocenters. The summed E-state index contributed by atoms with van der Waals surface area (Å²) in [5, 5.41) is 0. The Hall–Kier alpha value is -0.740. The van der Waals surface area contributed by atoms with Crippen molar-refractivity contribution in [1.82, 2.24) is 0 Å². The number of anilines is 1. The molecule has 0 aliphatic rings. The zero-order valence-electron chi connectivity index (χ0n) is 9.92. The number of ether oxygens (including phenoxy) is 2. The highest BCUT2D eigenvalue weighted by atomic mass is 79.9. The van der Waals surface area contributed by atoms with Crippen molar-refractivity contribution < 1.29 is 9.47 Å². The van der Waals surface area contributed by atoms with Crippen molar-refractivity contribution in [1.29, 1.82) is 0 Å². The summed E-state index contributed by atoms with van der Waals surface area (Å²) in [6, 6.07) is 5.47. The first-order valence-electron chi connectivity index (χ1n) is 5.20.